The number of allylic oxidation sites excluding steroid dienone is 4. The van der Waals surface area contributed by atoms with E-state index in [0.29, 0.717) is 17.8 Å². The summed E-state index contributed by atoms with van der Waals surface area (Å²) >= 11 is 3.42. The maximum Gasteiger partial charge on any atom is 0.266 e. The number of hydrogen-bond acceptors (Lipinski definition) is 2. The predicted octanol–water partition coefficient (Wildman–Crippen LogP) is 6.13. The number of halogens is 2. The summed E-state index contributed by atoms with van der Waals surface area (Å²) in [4.78, 5) is 26.9. The molecule has 0 aliphatic heterocycles. The molecule has 4 nitrogen and oxygen atoms in total. The van der Waals surface area contributed by atoms with Crippen molar-refractivity contribution in [3.05, 3.63) is 113 Å². The number of aromatic nitrogens is 1. The summed E-state index contributed by atoms with van der Waals surface area (Å²) in [6.07, 6.45) is 5.24. The van der Waals surface area contributed by atoms with Gasteiger partial charge in [0.15, 0.2) is 0 Å². The van der Waals surface area contributed by atoms with Crippen molar-refractivity contribution in [3.8, 4) is 0 Å². The van der Waals surface area contributed by atoms with Crippen LogP contribution in [0.1, 0.15) is 41.0 Å². The van der Waals surface area contributed by atoms with Gasteiger partial charge >= 0.3 is 0 Å². The van der Waals surface area contributed by atoms with Crippen LogP contribution in [0.4, 0.5) is 4.39 Å². The molecule has 1 atom stereocenters. The Morgan fingerprint density at radius 3 is 2.50 bits per heavy atom. The minimum Gasteiger partial charge on any atom is -0.345 e. The second kappa shape index (κ2) is 10.4. The number of benzene rings is 2. The highest BCUT2D eigenvalue weighted by Gasteiger charge is 2.25. The second-order valence-electron chi connectivity index (χ2n) is 7.13. The molecule has 1 N–H and O–H groups in total. The first kappa shape index (κ1) is 23.4. The van der Waals surface area contributed by atoms with Gasteiger partial charge < -0.3 is 5.32 Å². The zero-order valence-corrected chi connectivity index (χ0v) is 19.4. The highest BCUT2D eigenvalue weighted by molar-refractivity contribution is 9.08. The summed E-state index contributed by atoms with van der Waals surface area (Å²) in [7, 11) is 0. The van der Waals surface area contributed by atoms with Crippen molar-refractivity contribution in [2.24, 2.45) is 0 Å². The molecule has 0 saturated heterocycles. The predicted molar refractivity (Wildman–Crippen MR) is 132 cm³/mol. The highest BCUT2D eigenvalue weighted by Crippen LogP contribution is 2.27. The topological polar surface area (TPSA) is 51.1 Å². The van der Waals surface area contributed by atoms with E-state index in [2.05, 4.69) is 34.4 Å². The fourth-order valence-corrected chi connectivity index (χ4v) is 4.33. The average Bonchev–Trinajstić information content (AvgIpc) is 2.81. The molecule has 3 aromatic rings. The van der Waals surface area contributed by atoms with Gasteiger partial charge in [-0.3, -0.25) is 14.2 Å². The molecule has 164 valence electrons. The first-order chi connectivity index (χ1) is 15.5. The van der Waals surface area contributed by atoms with E-state index in [9.17, 15) is 14.0 Å². The molecule has 0 unspecified atom stereocenters. The largest absolute Gasteiger partial charge is 0.345 e. The van der Waals surface area contributed by atoms with Gasteiger partial charge in [-0.1, -0.05) is 84.6 Å². The molecular formula is C26H24BrFN2O2. The summed E-state index contributed by atoms with van der Waals surface area (Å²) < 4.78 is 16.1. The Bertz CT molecular complexity index is 1260. The number of alkyl halides is 1. The van der Waals surface area contributed by atoms with Crippen molar-refractivity contribution in [1.82, 2.24) is 9.88 Å². The van der Waals surface area contributed by atoms with Crippen LogP contribution >= 0.6 is 15.9 Å². The van der Waals surface area contributed by atoms with Crippen LogP contribution in [0.25, 0.3) is 16.5 Å². The Morgan fingerprint density at radius 2 is 1.91 bits per heavy atom. The molecule has 0 spiro atoms. The molecule has 1 heterocycles. The molecule has 3 rings (SSSR count). The molecule has 0 bridgehead atoms. The smallest absolute Gasteiger partial charge is 0.266 e. The van der Waals surface area contributed by atoms with E-state index in [0.717, 1.165) is 5.56 Å². The molecule has 0 radical (unpaired) electrons. The van der Waals surface area contributed by atoms with E-state index in [1.54, 1.807) is 12.1 Å². The van der Waals surface area contributed by atoms with Gasteiger partial charge in [0.2, 0.25) is 0 Å². The summed E-state index contributed by atoms with van der Waals surface area (Å²) in [6.45, 7) is 9.42. The van der Waals surface area contributed by atoms with Gasteiger partial charge in [0.05, 0.1) is 22.7 Å². The number of carbonyl (C=O) groups excluding carboxylic acids is 1. The summed E-state index contributed by atoms with van der Waals surface area (Å²) in [5, 5.41) is 3.37. The number of nitrogens with one attached hydrogen (secondary N) is 1. The van der Waals surface area contributed by atoms with Crippen LogP contribution in [0, 0.1) is 5.82 Å². The first-order valence-electron chi connectivity index (χ1n) is 10.2. The number of carbonyl (C=O) groups is 1. The van der Waals surface area contributed by atoms with Crippen molar-refractivity contribution < 1.29 is 9.18 Å². The van der Waals surface area contributed by atoms with Crippen LogP contribution in [-0.4, -0.2) is 10.5 Å². The molecule has 0 saturated carbocycles. The maximum atomic E-state index is 14.8. The second-order valence-corrected chi connectivity index (χ2v) is 7.70. The minimum atomic E-state index is -0.687. The van der Waals surface area contributed by atoms with Gasteiger partial charge in [-0.15, -0.1) is 0 Å². The molecule has 1 amide bonds. The quantitative estimate of drug-likeness (QED) is 0.302. The Balaban J connectivity index is 2.31. The number of hydrogen-bond donors (Lipinski definition) is 1. The van der Waals surface area contributed by atoms with Crippen molar-refractivity contribution in [1.29, 1.82) is 0 Å². The van der Waals surface area contributed by atoms with E-state index >= 15 is 0 Å². The van der Waals surface area contributed by atoms with Crippen molar-refractivity contribution in [3.63, 3.8) is 0 Å². The third-order valence-corrected chi connectivity index (χ3v) is 5.81. The zero-order chi connectivity index (χ0) is 23.3. The lowest BCUT2D eigenvalue weighted by molar-refractivity contribution is 0.0936. The van der Waals surface area contributed by atoms with Crippen molar-refractivity contribution >= 4 is 38.3 Å². The van der Waals surface area contributed by atoms with Gasteiger partial charge in [0.25, 0.3) is 11.5 Å². The fourth-order valence-electron chi connectivity index (χ4n) is 3.80. The third kappa shape index (κ3) is 4.36. The fraction of sp³-hybridized carbons (Fsp3) is 0.154. The van der Waals surface area contributed by atoms with Gasteiger partial charge in [0, 0.05) is 16.4 Å². The molecule has 1 aromatic heterocycles. The van der Waals surface area contributed by atoms with E-state index in [1.807, 2.05) is 37.3 Å². The molecule has 32 heavy (non-hydrogen) atoms. The van der Waals surface area contributed by atoms with Gasteiger partial charge in [-0.2, -0.15) is 0 Å². The Morgan fingerprint density at radius 1 is 1.19 bits per heavy atom. The number of amides is 1. The van der Waals surface area contributed by atoms with E-state index in [1.165, 1.54) is 28.9 Å². The van der Waals surface area contributed by atoms with Crippen LogP contribution in [0.3, 0.4) is 0 Å². The van der Waals surface area contributed by atoms with E-state index in [4.69, 9.17) is 0 Å². The van der Waals surface area contributed by atoms with Crippen molar-refractivity contribution in [2.75, 3.05) is 0 Å². The van der Waals surface area contributed by atoms with E-state index < -0.39 is 11.4 Å². The lowest BCUT2D eigenvalue weighted by atomic mass is 10.00. The molecule has 2 aromatic carbocycles. The van der Waals surface area contributed by atoms with Crippen LogP contribution in [0.2, 0.25) is 0 Å². The van der Waals surface area contributed by atoms with Gasteiger partial charge in [-0.25, -0.2) is 4.39 Å². The van der Waals surface area contributed by atoms with Crippen LogP contribution in [-0.2, 0) is 5.33 Å². The molecular weight excluding hydrogens is 471 g/mol. The average molecular weight is 495 g/mol. The molecule has 0 aliphatic rings. The highest BCUT2D eigenvalue weighted by atomic mass is 79.9. The van der Waals surface area contributed by atoms with Gasteiger partial charge in [-0.05, 0) is 30.2 Å². The maximum absolute atomic E-state index is 14.8. The minimum absolute atomic E-state index is 0.146. The molecule has 0 aliphatic carbocycles. The Kier molecular flexibility index (Phi) is 7.59. The van der Waals surface area contributed by atoms with Crippen LogP contribution in [0.15, 0.2) is 84.7 Å². The summed E-state index contributed by atoms with van der Waals surface area (Å²) in [6, 6.07) is 13.7. The Labute approximate surface area is 194 Å². The number of pyridine rings is 1. The van der Waals surface area contributed by atoms with Crippen LogP contribution in [0.5, 0.6) is 0 Å². The SMILES string of the molecule is C=C/C=C(\C=C)n1c(CBr)c(C(=O)N[C@@H](CC)c2ccccc2)c2cccc(F)c2c1=O. The lowest BCUT2D eigenvalue weighted by Crippen LogP contribution is -2.33. The lowest BCUT2D eigenvalue weighted by Gasteiger charge is -2.22. The molecule has 6 heteroatoms. The van der Waals surface area contributed by atoms with Crippen LogP contribution < -0.4 is 10.9 Å². The number of fused-ring (bicyclic) bond motifs is 1. The standard InChI is InChI=1S/C26H24BrFN2O2/c1-4-11-18(5-2)30-22(16-27)24(19-14-10-15-20(28)23(19)26(30)32)25(31)29-21(6-3)17-12-8-7-9-13-17/h4-5,7-15,21H,1-2,6,16H2,3H3,(H,29,31)/b18-11+/t21-/m0/s1. The van der Waals surface area contributed by atoms with Crippen molar-refractivity contribution in [2.45, 2.75) is 24.7 Å². The summed E-state index contributed by atoms with van der Waals surface area (Å²) in [5.41, 5.74) is 1.44. The third-order valence-electron chi connectivity index (χ3n) is 5.28. The zero-order valence-electron chi connectivity index (χ0n) is 17.8. The summed E-state index contributed by atoms with van der Waals surface area (Å²) in [5.74, 6) is -1.07. The normalized spacial score (nSPS) is 12.4. The van der Waals surface area contributed by atoms with Gasteiger partial charge in [0.1, 0.15) is 5.82 Å². The Hall–Kier alpha value is -3.25. The molecule has 0 fully saturated rings. The number of rotatable bonds is 8. The number of nitrogens with zero attached hydrogens (tertiary/aromatic N) is 1. The first-order valence-corrected chi connectivity index (χ1v) is 11.3. The monoisotopic (exact) mass is 494 g/mol. The van der Waals surface area contributed by atoms with E-state index in [-0.39, 0.29) is 33.6 Å².